The van der Waals surface area contributed by atoms with Crippen LogP contribution >= 0.6 is 0 Å². The van der Waals surface area contributed by atoms with Gasteiger partial charge in [-0.2, -0.15) is 0 Å². The number of aromatic hydroxyl groups is 1. The number of imidazole rings is 1. The summed E-state index contributed by atoms with van der Waals surface area (Å²) in [6, 6.07) is 1.52. The molecule has 8 N–H and O–H groups in total. The van der Waals surface area contributed by atoms with Gasteiger partial charge in [0.15, 0.2) is 0 Å². The van der Waals surface area contributed by atoms with Gasteiger partial charge in [0.05, 0.1) is 18.5 Å². The predicted molar refractivity (Wildman–Crippen MR) is 130 cm³/mol. The van der Waals surface area contributed by atoms with E-state index in [1.165, 1.54) is 43.7 Å². The lowest BCUT2D eigenvalue weighted by molar-refractivity contribution is -0.142. The number of aliphatic hydroxyl groups excluding tert-OH is 1. The summed E-state index contributed by atoms with van der Waals surface area (Å²) < 4.78 is 0. The lowest BCUT2D eigenvalue weighted by Crippen LogP contribution is -2.60. The summed E-state index contributed by atoms with van der Waals surface area (Å²) in [5.41, 5.74) is 1.07. The molecule has 1 saturated heterocycles. The van der Waals surface area contributed by atoms with Crippen molar-refractivity contribution in [3.63, 3.8) is 0 Å². The van der Waals surface area contributed by atoms with Crippen molar-refractivity contribution in [2.75, 3.05) is 6.54 Å². The average molecular weight is 517 g/mol. The Bertz CT molecular complexity index is 1070. The van der Waals surface area contributed by atoms with Gasteiger partial charge < -0.3 is 41.6 Å². The van der Waals surface area contributed by atoms with E-state index in [1.54, 1.807) is 0 Å². The second-order valence-electron chi connectivity index (χ2n) is 8.99. The molecule has 1 aliphatic heterocycles. The van der Waals surface area contributed by atoms with E-state index < -0.39 is 54.0 Å². The van der Waals surface area contributed by atoms with E-state index in [0.29, 0.717) is 24.2 Å². The third-order valence-corrected chi connectivity index (χ3v) is 6.04. The minimum absolute atomic E-state index is 0.0189. The van der Waals surface area contributed by atoms with Crippen molar-refractivity contribution < 1.29 is 34.5 Å². The highest BCUT2D eigenvalue weighted by Crippen LogP contribution is 2.12. The van der Waals surface area contributed by atoms with Gasteiger partial charge >= 0.3 is 5.97 Å². The molecule has 5 atom stereocenters. The molecule has 0 radical (unpaired) electrons. The molecule has 1 aromatic carbocycles. The molecule has 0 spiro atoms. The van der Waals surface area contributed by atoms with Crippen LogP contribution < -0.4 is 21.3 Å². The molecule has 1 fully saturated rings. The van der Waals surface area contributed by atoms with Crippen LogP contribution in [0.1, 0.15) is 31.0 Å². The van der Waals surface area contributed by atoms with Gasteiger partial charge in [-0.15, -0.1) is 0 Å². The zero-order chi connectivity index (χ0) is 26.9. The Labute approximate surface area is 213 Å². The van der Waals surface area contributed by atoms with Gasteiger partial charge in [0, 0.05) is 24.7 Å². The Balaban J connectivity index is 1.73. The number of H-pyrrole nitrogens is 1. The van der Waals surface area contributed by atoms with E-state index in [9.17, 15) is 34.5 Å². The van der Waals surface area contributed by atoms with Crippen LogP contribution in [-0.2, 0) is 32.0 Å². The molecule has 13 heteroatoms. The Kier molecular flexibility index (Phi) is 9.57. The molecular formula is C24H32N6O7. The highest BCUT2D eigenvalue weighted by molar-refractivity contribution is 5.94. The molecule has 1 aliphatic rings. The highest BCUT2D eigenvalue weighted by atomic mass is 16.4. The summed E-state index contributed by atoms with van der Waals surface area (Å²) in [7, 11) is 0. The predicted octanol–water partition coefficient (Wildman–Crippen LogP) is -1.43. The molecular weight excluding hydrogens is 484 g/mol. The van der Waals surface area contributed by atoms with E-state index in [0.717, 1.165) is 6.42 Å². The number of amides is 3. The van der Waals surface area contributed by atoms with E-state index in [-0.39, 0.29) is 18.6 Å². The second kappa shape index (κ2) is 12.8. The van der Waals surface area contributed by atoms with E-state index in [4.69, 9.17) is 0 Å². The lowest BCUT2D eigenvalue weighted by atomic mass is 10.0. The number of carboxylic acids is 1. The van der Waals surface area contributed by atoms with Crippen LogP contribution in [0.15, 0.2) is 36.8 Å². The first-order valence-corrected chi connectivity index (χ1v) is 11.9. The van der Waals surface area contributed by atoms with Gasteiger partial charge in [-0.1, -0.05) is 12.1 Å². The van der Waals surface area contributed by atoms with Gasteiger partial charge in [0.1, 0.15) is 23.9 Å². The molecule has 1 aromatic heterocycles. The van der Waals surface area contributed by atoms with Gasteiger partial charge in [0.2, 0.25) is 17.7 Å². The Morgan fingerprint density at radius 3 is 2.32 bits per heavy atom. The maximum atomic E-state index is 13.2. The number of aromatic nitrogens is 2. The average Bonchev–Trinajstić information content (AvgIpc) is 3.57. The fraction of sp³-hybridized carbons (Fsp3) is 0.458. The fourth-order valence-electron chi connectivity index (χ4n) is 3.99. The highest BCUT2D eigenvalue weighted by Gasteiger charge is 2.33. The minimum Gasteiger partial charge on any atom is -0.508 e. The van der Waals surface area contributed by atoms with Crippen LogP contribution in [0.5, 0.6) is 5.75 Å². The lowest BCUT2D eigenvalue weighted by Gasteiger charge is -2.26. The fourth-order valence-corrected chi connectivity index (χ4v) is 3.99. The van der Waals surface area contributed by atoms with Crippen LogP contribution in [0.25, 0.3) is 0 Å². The van der Waals surface area contributed by atoms with E-state index in [2.05, 4.69) is 31.2 Å². The zero-order valence-electron chi connectivity index (χ0n) is 20.3. The molecule has 37 heavy (non-hydrogen) atoms. The van der Waals surface area contributed by atoms with E-state index in [1.807, 2.05) is 0 Å². The number of aliphatic hydroxyl groups is 1. The monoisotopic (exact) mass is 516 g/mol. The largest absolute Gasteiger partial charge is 0.508 e. The molecule has 13 nitrogen and oxygen atoms in total. The number of nitrogens with one attached hydrogen (secondary N) is 5. The number of phenols is 1. The summed E-state index contributed by atoms with van der Waals surface area (Å²) in [5.74, 6) is -3.28. The first-order chi connectivity index (χ1) is 17.6. The number of carbonyl (C=O) groups is 4. The zero-order valence-corrected chi connectivity index (χ0v) is 20.3. The van der Waals surface area contributed by atoms with Gasteiger partial charge in [-0.3, -0.25) is 14.4 Å². The quantitative estimate of drug-likeness (QED) is 0.166. The van der Waals surface area contributed by atoms with Crippen molar-refractivity contribution in [3.8, 4) is 5.75 Å². The number of carbonyl (C=O) groups excluding carboxylic acids is 3. The number of aliphatic carboxylic acids is 1. The number of hydrogen-bond donors (Lipinski definition) is 8. The summed E-state index contributed by atoms with van der Waals surface area (Å²) in [6.07, 6.45) is 2.89. The van der Waals surface area contributed by atoms with Crippen LogP contribution in [0.3, 0.4) is 0 Å². The number of carboxylic acid groups (broad SMARTS) is 1. The normalized spacial score (nSPS) is 18.3. The number of phenolic OH excluding ortho intramolecular Hbond substituents is 1. The number of nitrogens with zero attached hydrogens (tertiary/aromatic N) is 1. The third kappa shape index (κ3) is 8.02. The second-order valence-corrected chi connectivity index (χ2v) is 8.99. The van der Waals surface area contributed by atoms with Gasteiger partial charge in [-0.25, -0.2) is 9.78 Å². The van der Waals surface area contributed by atoms with Crippen molar-refractivity contribution >= 4 is 23.7 Å². The first kappa shape index (κ1) is 27.6. The molecule has 3 amide bonds. The summed E-state index contributed by atoms with van der Waals surface area (Å²) in [6.45, 7) is 2.01. The molecule has 3 rings (SSSR count). The molecule has 2 aromatic rings. The smallest absolute Gasteiger partial charge is 0.326 e. The maximum Gasteiger partial charge on any atom is 0.326 e. The number of rotatable bonds is 12. The Hall–Kier alpha value is -3.97. The maximum absolute atomic E-state index is 13.2. The van der Waals surface area contributed by atoms with Crippen molar-refractivity contribution in [1.29, 1.82) is 0 Å². The number of hydrogen-bond acceptors (Lipinski definition) is 8. The summed E-state index contributed by atoms with van der Waals surface area (Å²) in [5, 5.41) is 39.8. The van der Waals surface area contributed by atoms with Crippen LogP contribution in [-0.4, -0.2) is 85.8 Å². The van der Waals surface area contributed by atoms with Gasteiger partial charge in [0.25, 0.3) is 0 Å². The number of aromatic amines is 1. The molecule has 0 aliphatic carbocycles. The van der Waals surface area contributed by atoms with Crippen molar-refractivity contribution in [3.05, 3.63) is 48.0 Å². The molecule has 2 heterocycles. The minimum atomic E-state index is -1.33. The van der Waals surface area contributed by atoms with Crippen LogP contribution in [0.4, 0.5) is 0 Å². The van der Waals surface area contributed by atoms with Gasteiger partial charge in [-0.05, 0) is 44.0 Å². The first-order valence-electron chi connectivity index (χ1n) is 11.9. The summed E-state index contributed by atoms with van der Waals surface area (Å²) in [4.78, 5) is 57.3. The SMILES string of the molecule is CC(O)C(NC(=O)C1CCCN1)C(=O)NC(Cc1cnc[nH]1)C(=O)NC(Cc1ccc(O)cc1)C(=O)O. The van der Waals surface area contributed by atoms with Crippen molar-refractivity contribution in [2.24, 2.45) is 0 Å². The molecule has 0 saturated carbocycles. The Morgan fingerprint density at radius 2 is 1.76 bits per heavy atom. The molecule has 200 valence electrons. The van der Waals surface area contributed by atoms with E-state index >= 15 is 0 Å². The Morgan fingerprint density at radius 1 is 1.05 bits per heavy atom. The third-order valence-electron chi connectivity index (χ3n) is 6.04. The molecule has 5 unspecified atom stereocenters. The standard InChI is InChI=1S/C24H32N6O7/c1-13(31)20(30-21(33)17-3-2-8-26-17)23(35)28-18(10-15-11-25-12-27-15)22(34)29-19(24(36)37)9-14-4-6-16(32)7-5-14/h4-7,11-13,17-20,26,31-32H,2-3,8-10H2,1H3,(H,25,27)(H,28,35)(H,29,34)(H,30,33)(H,36,37). The number of benzene rings is 1. The molecule has 0 bridgehead atoms. The van der Waals surface area contributed by atoms with Crippen molar-refractivity contribution in [1.82, 2.24) is 31.2 Å². The topological polar surface area (TPSA) is 206 Å². The van der Waals surface area contributed by atoms with Crippen LogP contribution in [0, 0.1) is 0 Å². The summed E-state index contributed by atoms with van der Waals surface area (Å²) >= 11 is 0. The van der Waals surface area contributed by atoms with Crippen molar-refractivity contribution in [2.45, 2.75) is 62.9 Å². The van der Waals surface area contributed by atoms with Crippen LogP contribution in [0.2, 0.25) is 0 Å².